The van der Waals surface area contributed by atoms with Crippen molar-refractivity contribution in [2.45, 2.75) is 25.8 Å². The van der Waals surface area contributed by atoms with E-state index in [1.54, 1.807) is 0 Å². The van der Waals surface area contributed by atoms with Crippen LogP contribution in [0.15, 0.2) is 28.8 Å². The van der Waals surface area contributed by atoms with Crippen LogP contribution >= 0.6 is 0 Å². The molecule has 0 spiro atoms. The number of amides is 1. The Labute approximate surface area is 105 Å². The molecule has 0 saturated carbocycles. The lowest BCUT2D eigenvalue weighted by atomic mass is 10.1. The van der Waals surface area contributed by atoms with Gasteiger partial charge in [0.2, 0.25) is 5.91 Å². The van der Waals surface area contributed by atoms with Gasteiger partial charge in [0, 0.05) is 17.8 Å². The molecule has 1 unspecified atom stereocenters. The fraction of sp³-hybridized carbons (Fsp3) is 0.286. The maximum absolute atomic E-state index is 11.8. The van der Waals surface area contributed by atoms with E-state index in [4.69, 9.17) is 10.9 Å². The number of nitrogens with one attached hydrogen (secondary N) is 1. The molecule has 0 bridgehead atoms. The first-order chi connectivity index (χ1) is 8.70. The molecule has 4 heteroatoms. The highest BCUT2D eigenvalue weighted by Crippen LogP contribution is 2.17. The molecular formula is C14H14N2O2. The zero-order valence-electron chi connectivity index (χ0n) is 10.1. The van der Waals surface area contributed by atoms with Crippen molar-refractivity contribution >= 4 is 16.9 Å². The number of rotatable bonds is 4. The molecule has 4 nitrogen and oxygen atoms in total. The molecule has 0 radical (unpaired) electrons. The van der Waals surface area contributed by atoms with Crippen LogP contribution in [-0.2, 0) is 11.2 Å². The van der Waals surface area contributed by atoms with Crippen molar-refractivity contribution in [2.75, 3.05) is 0 Å². The van der Waals surface area contributed by atoms with Gasteiger partial charge in [-0.3, -0.25) is 4.79 Å². The van der Waals surface area contributed by atoms with Crippen LogP contribution in [0, 0.1) is 12.3 Å². The molecule has 2 aromatic rings. The molecule has 0 saturated heterocycles. The van der Waals surface area contributed by atoms with E-state index in [1.165, 1.54) is 0 Å². The summed E-state index contributed by atoms with van der Waals surface area (Å²) in [6, 6.07) is 7.44. The smallest absolute Gasteiger partial charge is 0.226 e. The number of aromatic nitrogens is 1. The topological polar surface area (TPSA) is 55.1 Å². The van der Waals surface area contributed by atoms with Gasteiger partial charge in [-0.15, -0.1) is 12.3 Å². The van der Waals surface area contributed by atoms with Crippen LogP contribution in [0.1, 0.15) is 19.0 Å². The second-order valence-electron chi connectivity index (χ2n) is 4.18. The van der Waals surface area contributed by atoms with Crippen LogP contribution < -0.4 is 5.32 Å². The minimum absolute atomic E-state index is 0.0272. The van der Waals surface area contributed by atoms with Gasteiger partial charge in [0.25, 0.3) is 0 Å². The van der Waals surface area contributed by atoms with Crippen LogP contribution in [0.4, 0.5) is 0 Å². The van der Waals surface area contributed by atoms with E-state index in [1.807, 2.05) is 31.2 Å². The van der Waals surface area contributed by atoms with Crippen LogP contribution in [-0.4, -0.2) is 17.1 Å². The van der Waals surface area contributed by atoms with Gasteiger partial charge in [-0.05, 0) is 19.1 Å². The number of hydrogen-bond donors (Lipinski definition) is 1. The average molecular weight is 242 g/mol. The molecule has 2 rings (SSSR count). The summed E-state index contributed by atoms with van der Waals surface area (Å²) in [4.78, 5) is 11.8. The first-order valence-electron chi connectivity index (χ1n) is 5.77. The SMILES string of the molecule is C#CCC(C)NC(=O)Cc1noc2ccccc12. The van der Waals surface area contributed by atoms with Gasteiger partial charge in [-0.1, -0.05) is 17.3 Å². The van der Waals surface area contributed by atoms with Crippen molar-refractivity contribution < 1.29 is 9.32 Å². The molecule has 0 aliphatic rings. The second kappa shape index (κ2) is 5.37. The number of carbonyl (C=O) groups excluding carboxylic acids is 1. The standard InChI is InChI=1S/C14H14N2O2/c1-3-6-10(2)15-14(17)9-12-11-7-4-5-8-13(11)18-16-12/h1,4-5,7-8,10H,6,9H2,2H3,(H,15,17). The molecule has 0 fully saturated rings. The van der Waals surface area contributed by atoms with Gasteiger partial charge in [0.15, 0.2) is 5.58 Å². The number of carbonyl (C=O) groups is 1. The maximum Gasteiger partial charge on any atom is 0.226 e. The number of benzene rings is 1. The largest absolute Gasteiger partial charge is 0.356 e. The number of fused-ring (bicyclic) bond motifs is 1. The highest BCUT2D eigenvalue weighted by Gasteiger charge is 2.13. The third-order valence-electron chi connectivity index (χ3n) is 2.61. The zero-order chi connectivity index (χ0) is 13.0. The monoisotopic (exact) mass is 242 g/mol. The molecular weight excluding hydrogens is 228 g/mol. The lowest BCUT2D eigenvalue weighted by Gasteiger charge is -2.09. The minimum atomic E-state index is -0.100. The lowest BCUT2D eigenvalue weighted by Crippen LogP contribution is -2.33. The molecule has 0 aliphatic carbocycles. The number of para-hydroxylation sites is 1. The second-order valence-corrected chi connectivity index (χ2v) is 4.18. The van der Waals surface area contributed by atoms with Crippen LogP contribution in [0.5, 0.6) is 0 Å². The fourth-order valence-electron chi connectivity index (χ4n) is 1.77. The molecule has 1 N–H and O–H groups in total. The summed E-state index contributed by atoms with van der Waals surface area (Å²) in [6.45, 7) is 1.87. The van der Waals surface area contributed by atoms with E-state index in [2.05, 4.69) is 16.4 Å². The number of nitrogens with zero attached hydrogens (tertiary/aromatic N) is 1. The molecule has 1 aromatic carbocycles. The normalized spacial score (nSPS) is 12.0. The fourth-order valence-corrected chi connectivity index (χ4v) is 1.77. The Morgan fingerprint density at radius 1 is 1.56 bits per heavy atom. The molecule has 1 amide bonds. The van der Waals surface area contributed by atoms with E-state index in [0.717, 1.165) is 5.39 Å². The molecule has 1 atom stereocenters. The summed E-state index contributed by atoms with van der Waals surface area (Å²) in [7, 11) is 0. The number of terminal acetylenes is 1. The minimum Gasteiger partial charge on any atom is -0.356 e. The summed E-state index contributed by atoms with van der Waals surface area (Å²) >= 11 is 0. The van der Waals surface area contributed by atoms with Crippen molar-refractivity contribution in [1.82, 2.24) is 10.5 Å². The average Bonchev–Trinajstić information content (AvgIpc) is 2.73. The summed E-state index contributed by atoms with van der Waals surface area (Å²) < 4.78 is 5.14. The van der Waals surface area contributed by atoms with Gasteiger partial charge >= 0.3 is 0 Å². The van der Waals surface area contributed by atoms with Crippen molar-refractivity contribution in [2.24, 2.45) is 0 Å². The van der Waals surface area contributed by atoms with E-state index < -0.39 is 0 Å². The Bertz CT molecular complexity index is 595. The molecule has 18 heavy (non-hydrogen) atoms. The van der Waals surface area contributed by atoms with Gasteiger partial charge in [-0.2, -0.15) is 0 Å². The van der Waals surface area contributed by atoms with Crippen molar-refractivity contribution in [3.05, 3.63) is 30.0 Å². The van der Waals surface area contributed by atoms with E-state index in [0.29, 0.717) is 17.7 Å². The highest BCUT2D eigenvalue weighted by atomic mass is 16.5. The summed E-state index contributed by atoms with van der Waals surface area (Å²) in [5.74, 6) is 2.41. The summed E-state index contributed by atoms with van der Waals surface area (Å²) in [5.41, 5.74) is 1.34. The van der Waals surface area contributed by atoms with Crippen molar-refractivity contribution in [1.29, 1.82) is 0 Å². The van der Waals surface area contributed by atoms with Gasteiger partial charge < -0.3 is 9.84 Å². The van der Waals surface area contributed by atoms with Crippen LogP contribution in [0.25, 0.3) is 11.0 Å². The van der Waals surface area contributed by atoms with Crippen LogP contribution in [0.2, 0.25) is 0 Å². The Morgan fingerprint density at radius 3 is 3.11 bits per heavy atom. The summed E-state index contributed by atoms with van der Waals surface area (Å²) in [5, 5.41) is 7.61. The van der Waals surface area contributed by atoms with Gasteiger partial charge in [0.05, 0.1) is 6.42 Å². The predicted octanol–water partition coefficient (Wildman–Crippen LogP) is 1.90. The predicted molar refractivity (Wildman–Crippen MR) is 68.8 cm³/mol. The third kappa shape index (κ3) is 2.69. The van der Waals surface area contributed by atoms with E-state index >= 15 is 0 Å². The Balaban J connectivity index is 2.06. The van der Waals surface area contributed by atoms with E-state index in [9.17, 15) is 4.79 Å². The molecule has 1 heterocycles. The lowest BCUT2D eigenvalue weighted by molar-refractivity contribution is -0.121. The van der Waals surface area contributed by atoms with Crippen molar-refractivity contribution in [3.63, 3.8) is 0 Å². The molecule has 0 aliphatic heterocycles. The van der Waals surface area contributed by atoms with Crippen LogP contribution in [0.3, 0.4) is 0 Å². The quantitative estimate of drug-likeness (QED) is 0.833. The molecule has 92 valence electrons. The Morgan fingerprint density at radius 2 is 2.33 bits per heavy atom. The Hall–Kier alpha value is -2.28. The van der Waals surface area contributed by atoms with E-state index in [-0.39, 0.29) is 18.4 Å². The highest BCUT2D eigenvalue weighted by molar-refractivity contribution is 5.86. The Kier molecular flexibility index (Phi) is 3.63. The third-order valence-corrected chi connectivity index (χ3v) is 2.61. The number of hydrogen-bond acceptors (Lipinski definition) is 3. The van der Waals surface area contributed by atoms with Gasteiger partial charge in [0.1, 0.15) is 5.69 Å². The zero-order valence-corrected chi connectivity index (χ0v) is 10.1. The first-order valence-corrected chi connectivity index (χ1v) is 5.77. The maximum atomic E-state index is 11.8. The van der Waals surface area contributed by atoms with Gasteiger partial charge in [-0.25, -0.2) is 0 Å². The summed E-state index contributed by atoms with van der Waals surface area (Å²) in [6.07, 6.45) is 5.91. The molecule has 1 aromatic heterocycles. The first kappa shape index (κ1) is 12.2. The van der Waals surface area contributed by atoms with Crippen molar-refractivity contribution in [3.8, 4) is 12.3 Å².